The molecule has 21 heavy (non-hydrogen) atoms. The Morgan fingerprint density at radius 1 is 1.38 bits per heavy atom. The van der Waals surface area contributed by atoms with Gasteiger partial charge in [0.25, 0.3) is 5.56 Å². The van der Waals surface area contributed by atoms with Gasteiger partial charge in [-0.05, 0) is 31.9 Å². The van der Waals surface area contributed by atoms with Crippen LogP contribution in [0.2, 0.25) is 0 Å². The first-order chi connectivity index (χ1) is 10.2. The quantitative estimate of drug-likeness (QED) is 0.899. The average Bonchev–Trinajstić information content (AvgIpc) is 2.49. The Hall–Kier alpha value is -1.72. The minimum atomic E-state index is -0.0951. The van der Waals surface area contributed by atoms with Gasteiger partial charge in [-0.2, -0.15) is 0 Å². The van der Waals surface area contributed by atoms with E-state index in [1.165, 1.54) is 6.42 Å². The summed E-state index contributed by atoms with van der Waals surface area (Å²) in [4.78, 5) is 22.0. The van der Waals surface area contributed by atoms with Gasteiger partial charge in [-0.25, -0.2) is 4.98 Å². The summed E-state index contributed by atoms with van der Waals surface area (Å²) in [5.74, 6) is 0. The standard InChI is InChI=1S/C16H22N4O/c1-11-5-4-6-12(9-17)20(11)10-15-16(21)19-14-8-3-2-7-13(14)18-15/h2-3,7-8,11-12H,4-6,9-10,17H2,1H3,(H,19,21). The van der Waals surface area contributed by atoms with Crippen LogP contribution >= 0.6 is 0 Å². The van der Waals surface area contributed by atoms with Crippen LogP contribution in [0.4, 0.5) is 0 Å². The molecule has 2 unspecified atom stereocenters. The third-order valence-electron chi connectivity index (χ3n) is 4.47. The summed E-state index contributed by atoms with van der Waals surface area (Å²) in [7, 11) is 0. The molecule has 2 atom stereocenters. The summed E-state index contributed by atoms with van der Waals surface area (Å²) in [6, 6.07) is 8.43. The van der Waals surface area contributed by atoms with Gasteiger partial charge in [0, 0.05) is 25.2 Å². The number of aromatic nitrogens is 2. The topological polar surface area (TPSA) is 75.0 Å². The zero-order chi connectivity index (χ0) is 14.8. The molecule has 1 aliphatic rings. The third kappa shape index (κ3) is 2.84. The molecule has 3 N–H and O–H groups in total. The van der Waals surface area contributed by atoms with E-state index in [0.717, 1.165) is 23.9 Å². The van der Waals surface area contributed by atoms with Gasteiger partial charge in [-0.3, -0.25) is 9.69 Å². The van der Waals surface area contributed by atoms with Gasteiger partial charge in [-0.1, -0.05) is 18.6 Å². The fourth-order valence-electron chi connectivity index (χ4n) is 3.23. The van der Waals surface area contributed by atoms with Crippen LogP contribution in [-0.4, -0.2) is 33.5 Å². The van der Waals surface area contributed by atoms with Crippen molar-refractivity contribution in [3.8, 4) is 0 Å². The van der Waals surface area contributed by atoms with Crippen LogP contribution < -0.4 is 11.3 Å². The summed E-state index contributed by atoms with van der Waals surface area (Å²) in [6.45, 7) is 3.41. The number of benzene rings is 1. The maximum atomic E-state index is 12.2. The molecule has 0 spiro atoms. The molecule has 0 radical (unpaired) electrons. The van der Waals surface area contributed by atoms with Gasteiger partial charge in [-0.15, -0.1) is 0 Å². The summed E-state index contributed by atoms with van der Waals surface area (Å²) < 4.78 is 0. The monoisotopic (exact) mass is 286 g/mol. The highest BCUT2D eigenvalue weighted by Gasteiger charge is 2.27. The number of nitrogens with two attached hydrogens (primary N) is 1. The summed E-state index contributed by atoms with van der Waals surface area (Å²) in [5, 5.41) is 0. The highest BCUT2D eigenvalue weighted by atomic mass is 16.1. The van der Waals surface area contributed by atoms with Crippen LogP contribution in [0.3, 0.4) is 0 Å². The second-order valence-corrected chi connectivity index (χ2v) is 5.87. The van der Waals surface area contributed by atoms with Crippen LogP contribution in [0.1, 0.15) is 31.9 Å². The van der Waals surface area contributed by atoms with E-state index >= 15 is 0 Å². The second kappa shape index (κ2) is 5.95. The minimum Gasteiger partial charge on any atom is -0.329 e. The van der Waals surface area contributed by atoms with E-state index in [1.807, 2.05) is 24.3 Å². The zero-order valence-corrected chi connectivity index (χ0v) is 12.4. The number of para-hydroxylation sites is 2. The van der Waals surface area contributed by atoms with Crippen molar-refractivity contribution in [2.45, 2.75) is 44.8 Å². The van der Waals surface area contributed by atoms with Crippen molar-refractivity contribution in [3.63, 3.8) is 0 Å². The van der Waals surface area contributed by atoms with E-state index in [4.69, 9.17) is 5.73 Å². The number of likely N-dealkylation sites (tertiary alicyclic amines) is 1. The first-order valence-electron chi connectivity index (χ1n) is 7.63. The fourth-order valence-corrected chi connectivity index (χ4v) is 3.23. The van der Waals surface area contributed by atoms with Crippen molar-refractivity contribution in [1.82, 2.24) is 14.9 Å². The van der Waals surface area contributed by atoms with Crippen LogP contribution in [0, 0.1) is 0 Å². The molecule has 0 bridgehead atoms. The van der Waals surface area contributed by atoms with Crippen molar-refractivity contribution in [1.29, 1.82) is 0 Å². The molecule has 0 amide bonds. The van der Waals surface area contributed by atoms with Gasteiger partial charge in [0.1, 0.15) is 5.69 Å². The van der Waals surface area contributed by atoms with E-state index in [0.29, 0.717) is 30.9 Å². The largest absolute Gasteiger partial charge is 0.329 e. The van der Waals surface area contributed by atoms with Gasteiger partial charge in [0.15, 0.2) is 0 Å². The molecule has 1 aliphatic heterocycles. The first kappa shape index (κ1) is 14.2. The van der Waals surface area contributed by atoms with Crippen LogP contribution in [0.5, 0.6) is 0 Å². The molecule has 2 aromatic rings. The summed E-state index contributed by atoms with van der Waals surface area (Å²) in [6.07, 6.45) is 3.47. The molecule has 1 aromatic heterocycles. The molecule has 1 saturated heterocycles. The molecule has 0 aliphatic carbocycles. The normalized spacial score (nSPS) is 23.5. The van der Waals surface area contributed by atoms with Crippen molar-refractivity contribution < 1.29 is 0 Å². The van der Waals surface area contributed by atoms with Crippen molar-refractivity contribution in [2.24, 2.45) is 5.73 Å². The number of fused-ring (bicyclic) bond motifs is 1. The smallest absolute Gasteiger partial charge is 0.271 e. The van der Waals surface area contributed by atoms with Crippen molar-refractivity contribution in [3.05, 3.63) is 40.3 Å². The van der Waals surface area contributed by atoms with Crippen LogP contribution in [-0.2, 0) is 6.54 Å². The molecule has 5 heteroatoms. The predicted octanol–water partition coefficient (Wildman–Crippen LogP) is 1.62. The lowest BCUT2D eigenvalue weighted by Gasteiger charge is -2.39. The maximum Gasteiger partial charge on any atom is 0.271 e. The molecular weight excluding hydrogens is 264 g/mol. The molecule has 5 nitrogen and oxygen atoms in total. The highest BCUT2D eigenvalue weighted by molar-refractivity contribution is 5.73. The fraction of sp³-hybridized carbons (Fsp3) is 0.500. The lowest BCUT2D eigenvalue weighted by atomic mass is 9.96. The average molecular weight is 286 g/mol. The Bertz CT molecular complexity index is 681. The zero-order valence-electron chi connectivity index (χ0n) is 12.4. The Morgan fingerprint density at radius 3 is 3.00 bits per heavy atom. The predicted molar refractivity (Wildman–Crippen MR) is 84.1 cm³/mol. The number of H-pyrrole nitrogens is 1. The molecule has 2 heterocycles. The Labute approximate surface area is 124 Å². The number of hydrogen-bond donors (Lipinski definition) is 2. The third-order valence-corrected chi connectivity index (χ3v) is 4.47. The first-order valence-corrected chi connectivity index (χ1v) is 7.63. The minimum absolute atomic E-state index is 0.0951. The lowest BCUT2D eigenvalue weighted by Crippen LogP contribution is -2.49. The Morgan fingerprint density at radius 2 is 2.19 bits per heavy atom. The van der Waals surface area contributed by atoms with Gasteiger partial charge >= 0.3 is 0 Å². The number of nitrogens with one attached hydrogen (secondary N) is 1. The highest BCUT2D eigenvalue weighted by Crippen LogP contribution is 2.23. The van der Waals surface area contributed by atoms with Gasteiger partial charge in [0.2, 0.25) is 0 Å². The summed E-state index contributed by atoms with van der Waals surface area (Å²) in [5.41, 5.74) is 8.00. The number of piperidine rings is 1. The molecule has 1 aromatic carbocycles. The Balaban J connectivity index is 1.93. The maximum absolute atomic E-state index is 12.2. The Kier molecular flexibility index (Phi) is 4.03. The van der Waals surface area contributed by atoms with Crippen LogP contribution in [0.15, 0.2) is 29.1 Å². The van der Waals surface area contributed by atoms with E-state index < -0.39 is 0 Å². The number of hydrogen-bond acceptors (Lipinski definition) is 4. The SMILES string of the molecule is CC1CCCC(CN)N1Cc1nc2ccccc2[nH]c1=O. The van der Waals surface area contributed by atoms with E-state index in [2.05, 4.69) is 21.8 Å². The molecule has 0 saturated carbocycles. The lowest BCUT2D eigenvalue weighted by molar-refractivity contribution is 0.0874. The van der Waals surface area contributed by atoms with Crippen molar-refractivity contribution in [2.75, 3.05) is 6.54 Å². The second-order valence-electron chi connectivity index (χ2n) is 5.87. The molecule has 112 valence electrons. The van der Waals surface area contributed by atoms with E-state index in [9.17, 15) is 4.79 Å². The molecular formula is C16H22N4O. The molecule has 3 rings (SSSR count). The number of rotatable bonds is 3. The van der Waals surface area contributed by atoms with Gasteiger partial charge < -0.3 is 10.7 Å². The van der Waals surface area contributed by atoms with Gasteiger partial charge in [0.05, 0.1) is 11.0 Å². The van der Waals surface area contributed by atoms with E-state index in [1.54, 1.807) is 0 Å². The summed E-state index contributed by atoms with van der Waals surface area (Å²) >= 11 is 0. The molecule has 1 fully saturated rings. The van der Waals surface area contributed by atoms with E-state index in [-0.39, 0.29) is 5.56 Å². The van der Waals surface area contributed by atoms with Crippen LogP contribution in [0.25, 0.3) is 11.0 Å². The number of aromatic amines is 1. The van der Waals surface area contributed by atoms with Crippen molar-refractivity contribution >= 4 is 11.0 Å². The number of nitrogens with zero attached hydrogens (tertiary/aromatic N) is 2.